The molecule has 0 rings (SSSR count). The van der Waals surface area contributed by atoms with Gasteiger partial charge in [0, 0.05) is 39.6 Å². The Morgan fingerprint density at radius 1 is 0.852 bits per heavy atom. The molecule has 0 bridgehead atoms. The lowest BCUT2D eigenvalue weighted by molar-refractivity contribution is -0.147. The van der Waals surface area contributed by atoms with Gasteiger partial charge in [-0.3, -0.25) is 4.84 Å². The van der Waals surface area contributed by atoms with E-state index in [2.05, 4.69) is 0 Å². The SMILES string of the molecule is CCOCCOC(=O)N(CCC[Si](OCC)(OCC)OCC)OCCOC. The van der Waals surface area contributed by atoms with Gasteiger partial charge in [-0.15, -0.1) is 0 Å². The summed E-state index contributed by atoms with van der Waals surface area (Å²) in [7, 11) is -1.18. The summed E-state index contributed by atoms with van der Waals surface area (Å²) >= 11 is 0. The number of hydrogen-bond donors (Lipinski definition) is 0. The lowest BCUT2D eigenvalue weighted by Crippen LogP contribution is -2.46. The summed E-state index contributed by atoms with van der Waals surface area (Å²) in [5.74, 6) is 0. The van der Waals surface area contributed by atoms with Crippen LogP contribution in [-0.2, 0) is 32.3 Å². The van der Waals surface area contributed by atoms with Gasteiger partial charge in [0.1, 0.15) is 6.61 Å². The third kappa shape index (κ3) is 12.3. The number of nitrogens with zero attached hydrogens (tertiary/aromatic N) is 1. The van der Waals surface area contributed by atoms with E-state index in [1.54, 1.807) is 7.11 Å². The molecule has 1 amide bonds. The first kappa shape index (κ1) is 26.2. The number of carbonyl (C=O) groups is 1. The first-order valence-electron chi connectivity index (χ1n) is 9.64. The van der Waals surface area contributed by atoms with Crippen molar-refractivity contribution < 1.29 is 37.1 Å². The highest BCUT2D eigenvalue weighted by atomic mass is 28.4. The average molecular weight is 412 g/mol. The van der Waals surface area contributed by atoms with E-state index in [0.29, 0.717) is 58.7 Å². The molecule has 0 spiro atoms. The van der Waals surface area contributed by atoms with Crippen molar-refractivity contribution in [3.63, 3.8) is 0 Å². The number of amides is 1. The summed E-state index contributed by atoms with van der Waals surface area (Å²) in [4.78, 5) is 17.7. The monoisotopic (exact) mass is 411 g/mol. The van der Waals surface area contributed by atoms with Crippen LogP contribution >= 0.6 is 0 Å². The maximum absolute atomic E-state index is 12.2. The van der Waals surface area contributed by atoms with Gasteiger partial charge < -0.3 is 27.5 Å². The van der Waals surface area contributed by atoms with Crippen LogP contribution in [0, 0.1) is 0 Å². The maximum atomic E-state index is 12.2. The van der Waals surface area contributed by atoms with E-state index in [1.807, 2.05) is 27.7 Å². The molecule has 0 atom stereocenters. The van der Waals surface area contributed by atoms with Crippen LogP contribution in [0.3, 0.4) is 0 Å². The molecule has 162 valence electrons. The maximum Gasteiger partial charge on any atom is 0.500 e. The summed E-state index contributed by atoms with van der Waals surface area (Å²) in [5, 5.41) is 1.20. The number of hydrogen-bond acceptors (Lipinski definition) is 8. The zero-order valence-corrected chi connectivity index (χ0v) is 18.5. The summed E-state index contributed by atoms with van der Waals surface area (Å²) < 4.78 is 32.8. The predicted molar refractivity (Wildman–Crippen MR) is 102 cm³/mol. The Morgan fingerprint density at radius 2 is 1.48 bits per heavy atom. The first-order valence-corrected chi connectivity index (χ1v) is 11.6. The third-order valence-electron chi connectivity index (χ3n) is 3.33. The van der Waals surface area contributed by atoms with Crippen molar-refractivity contribution in [3.05, 3.63) is 0 Å². The quantitative estimate of drug-likeness (QED) is 0.193. The lowest BCUT2D eigenvalue weighted by atomic mass is 10.5. The van der Waals surface area contributed by atoms with E-state index >= 15 is 0 Å². The van der Waals surface area contributed by atoms with Crippen LogP contribution in [0.5, 0.6) is 0 Å². The van der Waals surface area contributed by atoms with Crippen molar-refractivity contribution in [1.82, 2.24) is 5.06 Å². The molecule has 0 aromatic heterocycles. The predicted octanol–water partition coefficient (Wildman–Crippen LogP) is 2.48. The molecule has 0 fully saturated rings. The van der Waals surface area contributed by atoms with Gasteiger partial charge in [0.05, 0.1) is 26.4 Å². The molecule has 0 radical (unpaired) electrons. The summed E-state index contributed by atoms with van der Waals surface area (Å²) in [6.07, 6.45) is 0.0436. The highest BCUT2D eigenvalue weighted by molar-refractivity contribution is 6.60. The van der Waals surface area contributed by atoms with Gasteiger partial charge in [-0.05, 0) is 34.1 Å². The molecular weight excluding hydrogens is 374 g/mol. The Morgan fingerprint density at radius 3 is 2.00 bits per heavy atom. The first-order chi connectivity index (χ1) is 13.1. The highest BCUT2D eigenvalue weighted by Crippen LogP contribution is 2.18. The van der Waals surface area contributed by atoms with Crippen molar-refractivity contribution >= 4 is 14.9 Å². The Bertz CT molecular complexity index is 345. The zero-order valence-electron chi connectivity index (χ0n) is 17.5. The molecule has 0 aromatic rings. The van der Waals surface area contributed by atoms with Gasteiger partial charge in [-0.25, -0.2) is 4.79 Å². The summed E-state index contributed by atoms with van der Waals surface area (Å²) in [6, 6.07) is 0.582. The van der Waals surface area contributed by atoms with Crippen LogP contribution in [-0.4, -0.2) is 86.5 Å². The Balaban J connectivity index is 4.66. The van der Waals surface area contributed by atoms with E-state index < -0.39 is 14.9 Å². The second-order valence-electron chi connectivity index (χ2n) is 5.33. The van der Waals surface area contributed by atoms with Crippen LogP contribution in [0.4, 0.5) is 4.79 Å². The van der Waals surface area contributed by atoms with E-state index in [9.17, 15) is 4.79 Å². The fourth-order valence-corrected chi connectivity index (χ4v) is 4.88. The number of methoxy groups -OCH3 is 1. The number of rotatable bonds is 18. The molecule has 0 saturated heterocycles. The van der Waals surface area contributed by atoms with E-state index in [1.165, 1.54) is 5.06 Å². The minimum Gasteiger partial charge on any atom is -0.445 e. The number of ether oxygens (including phenoxy) is 3. The van der Waals surface area contributed by atoms with Gasteiger partial charge >= 0.3 is 14.9 Å². The molecule has 0 heterocycles. The Kier molecular flexibility index (Phi) is 16.9. The molecule has 0 aromatic carbocycles. The zero-order chi connectivity index (χ0) is 20.4. The van der Waals surface area contributed by atoms with Gasteiger partial charge in [0.15, 0.2) is 0 Å². The van der Waals surface area contributed by atoms with Crippen LogP contribution in [0.1, 0.15) is 34.1 Å². The average Bonchev–Trinajstić information content (AvgIpc) is 2.64. The molecule has 27 heavy (non-hydrogen) atoms. The lowest BCUT2D eigenvalue weighted by Gasteiger charge is -2.29. The van der Waals surface area contributed by atoms with Crippen molar-refractivity contribution in [3.8, 4) is 0 Å². The van der Waals surface area contributed by atoms with Crippen molar-refractivity contribution in [1.29, 1.82) is 0 Å². The summed E-state index contributed by atoms with van der Waals surface area (Å²) in [5.41, 5.74) is 0. The standard InChI is InChI=1S/C17H37NO8Si/c1-6-21-13-14-22-17(19)18(23-15-12-20-5)11-10-16-27(24-7-2,25-8-3)26-9-4/h6-16H2,1-5H3. The van der Waals surface area contributed by atoms with Crippen molar-refractivity contribution in [2.75, 3.05) is 66.5 Å². The topological polar surface area (TPSA) is 84.9 Å². The largest absolute Gasteiger partial charge is 0.500 e. The minimum absolute atomic E-state index is 0.173. The fourth-order valence-electron chi connectivity index (χ4n) is 2.28. The number of carbonyl (C=O) groups excluding carboxylic acids is 1. The van der Waals surface area contributed by atoms with Crippen LogP contribution in [0.25, 0.3) is 0 Å². The van der Waals surface area contributed by atoms with Crippen LogP contribution in [0.2, 0.25) is 6.04 Å². The van der Waals surface area contributed by atoms with E-state index in [0.717, 1.165) is 0 Å². The molecule has 0 saturated carbocycles. The minimum atomic E-state index is -2.75. The fraction of sp³-hybridized carbons (Fsp3) is 0.941. The van der Waals surface area contributed by atoms with Gasteiger partial charge in [-0.1, -0.05) is 0 Å². The smallest absolute Gasteiger partial charge is 0.445 e. The van der Waals surface area contributed by atoms with E-state index in [-0.39, 0.29) is 13.2 Å². The molecule has 0 aliphatic heterocycles. The molecule has 0 aliphatic rings. The molecular formula is C17H37NO8Si. The molecule has 0 aliphatic carbocycles. The van der Waals surface area contributed by atoms with Crippen LogP contribution in [0.15, 0.2) is 0 Å². The van der Waals surface area contributed by atoms with Crippen molar-refractivity contribution in [2.24, 2.45) is 0 Å². The van der Waals surface area contributed by atoms with Crippen molar-refractivity contribution in [2.45, 2.75) is 40.2 Å². The van der Waals surface area contributed by atoms with Gasteiger partial charge in [0.25, 0.3) is 0 Å². The second-order valence-corrected chi connectivity index (χ2v) is 8.06. The van der Waals surface area contributed by atoms with Gasteiger partial charge in [-0.2, -0.15) is 5.06 Å². The van der Waals surface area contributed by atoms with E-state index in [4.69, 9.17) is 32.3 Å². The molecule has 0 unspecified atom stereocenters. The molecule has 10 heteroatoms. The summed E-state index contributed by atoms with van der Waals surface area (Å²) in [6.45, 7) is 11.2. The molecule has 9 nitrogen and oxygen atoms in total. The van der Waals surface area contributed by atoms with Gasteiger partial charge in [0.2, 0.25) is 0 Å². The highest BCUT2D eigenvalue weighted by Gasteiger charge is 2.40. The molecule has 0 N–H and O–H groups in total. The third-order valence-corrected chi connectivity index (χ3v) is 6.48. The Hall–Kier alpha value is -0.753. The van der Waals surface area contributed by atoms with Crippen LogP contribution < -0.4 is 0 Å². The Labute approximate surface area is 164 Å². The normalized spacial score (nSPS) is 11.6. The number of hydroxylamine groups is 2. The second kappa shape index (κ2) is 17.4.